The second-order valence-electron chi connectivity index (χ2n) is 12.8. The van der Waals surface area contributed by atoms with Crippen LogP contribution < -0.4 is 10.7 Å². The number of hydrogen-bond donors (Lipinski definition) is 6. The van der Waals surface area contributed by atoms with Gasteiger partial charge in [-0.15, -0.1) is 0 Å². The average molecular weight is 890 g/mol. The van der Waals surface area contributed by atoms with Crippen LogP contribution in [0.1, 0.15) is 16.8 Å². The van der Waals surface area contributed by atoms with Crippen LogP contribution in [0.25, 0.3) is 33.4 Å². The lowest BCUT2D eigenvalue weighted by molar-refractivity contribution is -0.242. The number of carbonyl (C=O) groups is 1. The van der Waals surface area contributed by atoms with E-state index in [1.54, 1.807) is 0 Å². The first-order chi connectivity index (χ1) is 27.6. The quantitative estimate of drug-likeness (QED) is 0.0288. The highest BCUT2D eigenvalue weighted by Gasteiger charge is 2.28. The molecule has 0 aromatic heterocycles. The number of hydrogen-bond acceptors (Lipinski definition) is 14. The molecule has 6 rings (SSSR count). The molecule has 1 aliphatic heterocycles. The van der Waals surface area contributed by atoms with E-state index >= 15 is 0 Å². The van der Waals surface area contributed by atoms with Crippen molar-refractivity contribution < 1.29 is 71.2 Å². The van der Waals surface area contributed by atoms with Crippen LogP contribution in [0.4, 0.5) is 17.1 Å². The van der Waals surface area contributed by atoms with E-state index in [0.717, 1.165) is 60.7 Å². The molecule has 1 heterocycles. The summed E-state index contributed by atoms with van der Waals surface area (Å²) in [5.41, 5.74) is -0.375. The van der Waals surface area contributed by atoms with Gasteiger partial charge in [-0.1, -0.05) is 18.2 Å². The fourth-order valence-corrected chi connectivity index (χ4v) is 8.34. The van der Waals surface area contributed by atoms with Crippen LogP contribution in [-0.4, -0.2) is 88.1 Å². The van der Waals surface area contributed by atoms with E-state index in [1.165, 1.54) is 48.3 Å². The Kier molecular flexibility index (Phi) is 11.8. The normalized spacial score (nSPS) is 12.9. The number of nitrogens with zero attached hydrogens (tertiary/aromatic N) is 2. The minimum absolute atomic E-state index is 0.0137. The summed E-state index contributed by atoms with van der Waals surface area (Å²) in [5, 5.41) is 11.0. The first-order valence-corrected chi connectivity index (χ1v) is 22.4. The molecule has 0 atom stereocenters. The Morgan fingerprint density at radius 3 is 1.90 bits per heavy atom. The molecule has 23 heteroatoms. The molecule has 0 spiro atoms. The van der Waals surface area contributed by atoms with E-state index < -0.39 is 71.3 Å². The lowest BCUT2D eigenvalue weighted by atomic mass is 9.90. The van der Waals surface area contributed by atoms with Gasteiger partial charge >= 0.3 is 0 Å². The summed E-state index contributed by atoms with van der Waals surface area (Å²) in [6.07, 6.45) is 0.228. The summed E-state index contributed by atoms with van der Waals surface area (Å²) >= 11 is 0. The molecule has 59 heavy (non-hydrogen) atoms. The molecular formula is C36H31N3O16S4. The van der Waals surface area contributed by atoms with Gasteiger partial charge in [0.1, 0.15) is 21.1 Å². The first-order valence-electron chi connectivity index (χ1n) is 16.7. The number of nitrogens with one attached hydrogen (secondary N) is 1. The molecule has 4 aromatic carbocycles. The van der Waals surface area contributed by atoms with Crippen LogP contribution in [0.15, 0.2) is 126 Å². The molecule has 1 amide bonds. The molecule has 0 saturated carbocycles. The van der Waals surface area contributed by atoms with Crippen LogP contribution in [0.3, 0.4) is 0 Å². The van der Waals surface area contributed by atoms with Gasteiger partial charge in [0.15, 0.2) is 0 Å². The molecule has 0 fully saturated rings. The Labute approximate surface area is 336 Å². The Balaban J connectivity index is 1.70. The van der Waals surface area contributed by atoms with Crippen molar-refractivity contribution in [2.45, 2.75) is 26.0 Å². The van der Waals surface area contributed by atoms with Gasteiger partial charge in [-0.05, 0) is 78.7 Å². The third-order valence-corrected chi connectivity index (χ3v) is 12.3. The summed E-state index contributed by atoms with van der Waals surface area (Å²) in [5.74, 6) is -0.718. The SMILES string of the molecule is CN(CCCOO)C(=O)c1ccccc1-c1c2cc(S(=O)(=O)O)c(=Nc3ccc(S(=O)(=O)O)cc3)cc-2oc2cc(Nc3ccc(S(=O)(=O)O)cc3)c(S(=O)(=O)O)cc12. The summed E-state index contributed by atoms with van der Waals surface area (Å²) in [6, 6.07) is 18.9. The van der Waals surface area contributed by atoms with Crippen LogP contribution in [0, 0.1) is 0 Å². The number of carbonyl (C=O) groups excluding carboxylic acids is 1. The second kappa shape index (κ2) is 16.2. The van der Waals surface area contributed by atoms with E-state index in [9.17, 15) is 56.7 Å². The van der Waals surface area contributed by atoms with E-state index in [1.807, 2.05) is 0 Å². The fourth-order valence-electron chi connectivity index (χ4n) is 6.09. The van der Waals surface area contributed by atoms with E-state index in [4.69, 9.17) is 9.67 Å². The molecule has 0 unspecified atom stereocenters. The molecule has 0 bridgehead atoms. The van der Waals surface area contributed by atoms with Crippen LogP contribution in [-0.2, 0) is 45.4 Å². The van der Waals surface area contributed by atoms with E-state index in [0.29, 0.717) is 0 Å². The van der Waals surface area contributed by atoms with Gasteiger partial charge in [0.2, 0.25) is 0 Å². The zero-order valence-corrected chi connectivity index (χ0v) is 33.4. The van der Waals surface area contributed by atoms with Crippen molar-refractivity contribution in [3.8, 4) is 22.5 Å². The lowest BCUT2D eigenvalue weighted by Gasteiger charge is -2.22. The smallest absolute Gasteiger partial charge is 0.296 e. The van der Waals surface area contributed by atoms with Crippen molar-refractivity contribution in [3.05, 3.63) is 108 Å². The average Bonchev–Trinajstić information content (AvgIpc) is 3.15. The van der Waals surface area contributed by atoms with Crippen LogP contribution in [0.2, 0.25) is 0 Å². The van der Waals surface area contributed by atoms with E-state index in [-0.39, 0.29) is 75.6 Å². The van der Waals surface area contributed by atoms with E-state index in [2.05, 4.69) is 15.2 Å². The van der Waals surface area contributed by atoms with Crippen molar-refractivity contribution in [3.63, 3.8) is 0 Å². The van der Waals surface area contributed by atoms with Crippen LogP contribution in [0.5, 0.6) is 0 Å². The number of rotatable bonds is 13. The Morgan fingerprint density at radius 2 is 1.32 bits per heavy atom. The lowest BCUT2D eigenvalue weighted by Crippen LogP contribution is -2.28. The van der Waals surface area contributed by atoms with Gasteiger partial charge in [-0.3, -0.25) is 28.3 Å². The number of benzene rings is 5. The van der Waals surface area contributed by atoms with Crippen molar-refractivity contribution in [2.24, 2.45) is 4.99 Å². The maximum absolute atomic E-state index is 13.9. The summed E-state index contributed by atoms with van der Waals surface area (Å²) in [7, 11) is -18.0. The maximum atomic E-state index is 13.9. The van der Waals surface area contributed by atoms with Crippen LogP contribution >= 0.6 is 0 Å². The second-order valence-corrected chi connectivity index (χ2v) is 18.4. The highest BCUT2D eigenvalue weighted by atomic mass is 32.2. The standard InChI is InChI=1S/C36H31N3O16S4/c1-39(15-4-16-54-41)36(40)26-6-3-2-5-25(26)35-27-17-33(58(48,49)50)29(37-21-7-11-23(12-8-21)56(42,43)44)19-31(27)55-32-20-30(34(18-28(32)35)59(51,52)53)38-22-9-13-24(14-10-22)57(45,46)47/h2-3,5-14,17-20,37,41H,4,15-16H2,1H3,(H,42,43,44)(H,45,46,47)(H,48,49,50)(H,51,52,53). The third kappa shape index (κ3) is 9.49. The fraction of sp³-hybridized carbons (Fsp3) is 0.111. The number of amides is 1. The molecule has 6 N–H and O–H groups in total. The van der Waals surface area contributed by atoms with Crippen molar-refractivity contribution in [2.75, 3.05) is 25.5 Å². The molecule has 0 saturated heterocycles. The van der Waals surface area contributed by atoms with Gasteiger partial charge in [-0.25, -0.2) is 9.88 Å². The minimum Gasteiger partial charge on any atom is -0.456 e. The van der Waals surface area contributed by atoms with Gasteiger partial charge in [0.05, 0.1) is 33.1 Å². The molecule has 1 aliphatic carbocycles. The monoisotopic (exact) mass is 889 g/mol. The van der Waals surface area contributed by atoms with Crippen molar-refractivity contribution in [1.82, 2.24) is 4.90 Å². The molecule has 2 aliphatic rings. The summed E-state index contributed by atoms with van der Waals surface area (Å²) in [4.78, 5) is 21.1. The van der Waals surface area contributed by atoms with Gasteiger partial charge in [0, 0.05) is 53.5 Å². The highest BCUT2D eigenvalue weighted by Crippen LogP contribution is 2.44. The predicted octanol–water partition coefficient (Wildman–Crippen LogP) is 5.12. The third-order valence-electron chi connectivity index (χ3n) is 8.78. The molecule has 310 valence electrons. The topological polar surface area (TPSA) is 305 Å². The van der Waals surface area contributed by atoms with Gasteiger partial charge < -0.3 is 14.6 Å². The van der Waals surface area contributed by atoms with Gasteiger partial charge in [0.25, 0.3) is 46.4 Å². The molecule has 19 nitrogen and oxygen atoms in total. The molecule has 4 aromatic rings. The van der Waals surface area contributed by atoms with Crippen molar-refractivity contribution >= 4 is 74.4 Å². The maximum Gasteiger partial charge on any atom is 0.296 e. The van der Waals surface area contributed by atoms with Gasteiger partial charge in [-0.2, -0.15) is 33.7 Å². The Morgan fingerprint density at radius 1 is 0.729 bits per heavy atom. The first kappa shape index (κ1) is 43.0. The highest BCUT2D eigenvalue weighted by molar-refractivity contribution is 7.86. The summed E-state index contributed by atoms with van der Waals surface area (Å²) in [6.45, 7) is 0.0140. The minimum atomic E-state index is -5.14. The molecule has 0 radical (unpaired) electrons. The number of fused-ring (bicyclic) bond motifs is 2. The van der Waals surface area contributed by atoms with Crippen molar-refractivity contribution in [1.29, 1.82) is 0 Å². The zero-order valence-electron chi connectivity index (χ0n) is 30.1. The molecular weight excluding hydrogens is 859 g/mol. The largest absolute Gasteiger partial charge is 0.456 e. The zero-order chi connectivity index (χ0) is 43.1. The Hall–Kier alpha value is -5.60. The predicted molar refractivity (Wildman–Crippen MR) is 209 cm³/mol. The number of anilines is 2. The Bertz CT molecular complexity index is 3120. The summed E-state index contributed by atoms with van der Waals surface area (Å²) < 4.78 is 144.